The standard InChI is InChI=1S/C48H95NO5S/c1-5-9-12-15-18-19-25-33-43-55-44-45(34-8-4)48(52)53-42-32-26-31-39-49(40-41-50)38-30-24-20-23-29-37-47(51)54-46(35-27-21-16-13-10-6-2)36-28-22-17-14-11-7-3/h45-46,50H,5-44H2,1-4H3. The first-order valence-electron chi connectivity index (χ1n) is 24.3. The molecule has 0 aliphatic heterocycles. The fourth-order valence-corrected chi connectivity index (χ4v) is 8.67. The van der Waals surface area contributed by atoms with E-state index in [1.807, 2.05) is 11.8 Å². The number of esters is 2. The predicted octanol–water partition coefficient (Wildman–Crippen LogP) is 14.0. The number of unbranched alkanes of at least 4 members (excludes halogenated alkanes) is 23. The normalized spacial score (nSPS) is 12.2. The van der Waals surface area contributed by atoms with Gasteiger partial charge in [-0.05, 0) is 89.5 Å². The van der Waals surface area contributed by atoms with Crippen molar-refractivity contribution < 1.29 is 24.2 Å². The second-order valence-electron chi connectivity index (χ2n) is 16.6. The summed E-state index contributed by atoms with van der Waals surface area (Å²) in [6, 6.07) is 0. The van der Waals surface area contributed by atoms with Crippen molar-refractivity contribution in [2.24, 2.45) is 5.92 Å². The van der Waals surface area contributed by atoms with E-state index < -0.39 is 0 Å². The molecule has 0 aliphatic rings. The fraction of sp³-hybridized carbons (Fsp3) is 0.958. The Bertz CT molecular complexity index is 782. The molecule has 0 amide bonds. The third-order valence-electron chi connectivity index (χ3n) is 11.1. The van der Waals surface area contributed by atoms with Gasteiger partial charge in [-0.15, -0.1) is 0 Å². The molecule has 0 spiro atoms. The van der Waals surface area contributed by atoms with Crippen molar-refractivity contribution in [2.75, 3.05) is 44.4 Å². The molecule has 55 heavy (non-hydrogen) atoms. The van der Waals surface area contributed by atoms with Crippen LogP contribution in [0.3, 0.4) is 0 Å². The molecular weight excluding hydrogens is 703 g/mol. The minimum absolute atomic E-state index is 0.000244. The third kappa shape index (κ3) is 38.5. The SMILES string of the molecule is CCCCCCCCCCSCC(CCC)C(=O)OCCCCCN(CCO)CCCCCCCC(=O)OC(CCCCCCCC)CCCCCCCC. The van der Waals surface area contributed by atoms with E-state index in [4.69, 9.17) is 9.47 Å². The molecule has 1 N–H and O–H groups in total. The molecule has 1 unspecified atom stereocenters. The number of rotatable bonds is 45. The largest absolute Gasteiger partial charge is 0.465 e. The molecule has 0 fully saturated rings. The van der Waals surface area contributed by atoms with Gasteiger partial charge in [-0.25, -0.2) is 0 Å². The first-order chi connectivity index (χ1) is 27.0. The average molecular weight is 798 g/mol. The van der Waals surface area contributed by atoms with E-state index in [-0.39, 0.29) is 30.6 Å². The molecule has 328 valence electrons. The number of carbonyl (C=O) groups excluding carboxylic acids is 2. The van der Waals surface area contributed by atoms with Crippen molar-refractivity contribution in [3.05, 3.63) is 0 Å². The van der Waals surface area contributed by atoms with Crippen LogP contribution in [0.5, 0.6) is 0 Å². The Morgan fingerprint density at radius 1 is 0.527 bits per heavy atom. The number of ether oxygens (including phenoxy) is 2. The summed E-state index contributed by atoms with van der Waals surface area (Å²) in [6.07, 6.45) is 39.2. The molecule has 0 aromatic rings. The molecular formula is C48H95NO5S. The molecule has 6 nitrogen and oxygen atoms in total. The molecule has 0 radical (unpaired) electrons. The number of aliphatic hydroxyl groups excluding tert-OH is 1. The summed E-state index contributed by atoms with van der Waals surface area (Å²) in [5.41, 5.74) is 0. The first kappa shape index (κ1) is 54.2. The smallest absolute Gasteiger partial charge is 0.309 e. The quantitative estimate of drug-likeness (QED) is 0.0486. The van der Waals surface area contributed by atoms with Crippen LogP contribution in [-0.4, -0.2) is 72.4 Å². The molecule has 0 saturated carbocycles. The number of aliphatic hydroxyl groups is 1. The number of hydrogen-bond donors (Lipinski definition) is 1. The zero-order chi connectivity index (χ0) is 40.3. The number of thioether (sulfide) groups is 1. The zero-order valence-electron chi connectivity index (χ0n) is 37.4. The second kappa shape index (κ2) is 44.3. The van der Waals surface area contributed by atoms with Gasteiger partial charge in [-0.1, -0.05) is 163 Å². The highest BCUT2D eigenvalue weighted by Crippen LogP contribution is 2.20. The van der Waals surface area contributed by atoms with Crippen LogP contribution in [0.25, 0.3) is 0 Å². The van der Waals surface area contributed by atoms with Gasteiger partial charge in [0.15, 0.2) is 0 Å². The number of hydrogen-bond acceptors (Lipinski definition) is 7. The monoisotopic (exact) mass is 798 g/mol. The Morgan fingerprint density at radius 2 is 1.00 bits per heavy atom. The second-order valence-corrected chi connectivity index (χ2v) is 17.7. The minimum atomic E-state index is 0.000244. The van der Waals surface area contributed by atoms with Crippen molar-refractivity contribution in [3.8, 4) is 0 Å². The lowest BCUT2D eigenvalue weighted by Gasteiger charge is -2.21. The lowest BCUT2D eigenvalue weighted by atomic mass is 10.0. The highest BCUT2D eigenvalue weighted by Gasteiger charge is 2.19. The molecule has 0 aliphatic carbocycles. The van der Waals surface area contributed by atoms with Gasteiger partial charge in [0.2, 0.25) is 0 Å². The van der Waals surface area contributed by atoms with Gasteiger partial charge in [-0.3, -0.25) is 9.59 Å². The molecule has 0 heterocycles. The van der Waals surface area contributed by atoms with Crippen LogP contribution in [0.2, 0.25) is 0 Å². The fourth-order valence-electron chi connectivity index (χ4n) is 7.51. The highest BCUT2D eigenvalue weighted by molar-refractivity contribution is 7.99. The molecule has 7 heteroatoms. The topological polar surface area (TPSA) is 76.1 Å². The van der Waals surface area contributed by atoms with Crippen LogP contribution in [0.4, 0.5) is 0 Å². The molecule has 1 atom stereocenters. The van der Waals surface area contributed by atoms with Gasteiger partial charge < -0.3 is 19.5 Å². The van der Waals surface area contributed by atoms with Crippen LogP contribution >= 0.6 is 11.8 Å². The lowest BCUT2D eigenvalue weighted by Crippen LogP contribution is -2.29. The Morgan fingerprint density at radius 3 is 1.53 bits per heavy atom. The molecule has 0 bridgehead atoms. The van der Waals surface area contributed by atoms with Crippen molar-refractivity contribution in [1.29, 1.82) is 0 Å². The van der Waals surface area contributed by atoms with E-state index in [0.29, 0.717) is 13.0 Å². The van der Waals surface area contributed by atoms with Gasteiger partial charge in [0.05, 0.1) is 19.1 Å². The van der Waals surface area contributed by atoms with Crippen molar-refractivity contribution >= 4 is 23.7 Å². The van der Waals surface area contributed by atoms with E-state index in [1.165, 1.54) is 128 Å². The van der Waals surface area contributed by atoms with E-state index in [9.17, 15) is 14.7 Å². The Labute approximate surface area is 347 Å². The average Bonchev–Trinajstić information content (AvgIpc) is 3.18. The summed E-state index contributed by atoms with van der Waals surface area (Å²) in [4.78, 5) is 27.9. The van der Waals surface area contributed by atoms with Gasteiger partial charge >= 0.3 is 11.9 Å². The molecule has 0 aromatic heterocycles. The predicted molar refractivity (Wildman–Crippen MR) is 240 cm³/mol. The molecule has 0 aromatic carbocycles. The third-order valence-corrected chi connectivity index (χ3v) is 12.3. The summed E-state index contributed by atoms with van der Waals surface area (Å²) in [7, 11) is 0. The Balaban J connectivity index is 4.12. The number of nitrogens with zero attached hydrogens (tertiary/aromatic N) is 1. The van der Waals surface area contributed by atoms with Crippen molar-refractivity contribution in [2.45, 2.75) is 246 Å². The highest BCUT2D eigenvalue weighted by atomic mass is 32.2. The van der Waals surface area contributed by atoms with Gasteiger partial charge in [0, 0.05) is 18.7 Å². The maximum Gasteiger partial charge on any atom is 0.309 e. The number of carbonyl (C=O) groups is 2. The van der Waals surface area contributed by atoms with E-state index in [1.54, 1.807) is 0 Å². The van der Waals surface area contributed by atoms with E-state index in [2.05, 4.69) is 32.6 Å². The van der Waals surface area contributed by atoms with Crippen LogP contribution in [0.1, 0.15) is 240 Å². The van der Waals surface area contributed by atoms with Crippen LogP contribution in [-0.2, 0) is 19.1 Å². The summed E-state index contributed by atoms with van der Waals surface area (Å²) in [6.45, 7) is 12.4. The van der Waals surface area contributed by atoms with Crippen molar-refractivity contribution in [3.63, 3.8) is 0 Å². The lowest BCUT2D eigenvalue weighted by molar-refractivity contribution is -0.150. The summed E-state index contributed by atoms with van der Waals surface area (Å²) >= 11 is 1.93. The van der Waals surface area contributed by atoms with E-state index >= 15 is 0 Å². The first-order valence-corrected chi connectivity index (χ1v) is 25.4. The maximum absolute atomic E-state index is 12.8. The van der Waals surface area contributed by atoms with Crippen LogP contribution < -0.4 is 0 Å². The summed E-state index contributed by atoms with van der Waals surface area (Å²) in [5.74, 6) is 2.09. The van der Waals surface area contributed by atoms with Gasteiger partial charge in [-0.2, -0.15) is 11.8 Å². The summed E-state index contributed by atoms with van der Waals surface area (Å²) in [5, 5.41) is 9.61. The molecule has 0 rings (SSSR count). The van der Waals surface area contributed by atoms with Crippen molar-refractivity contribution in [1.82, 2.24) is 4.90 Å². The van der Waals surface area contributed by atoms with E-state index in [0.717, 1.165) is 108 Å². The molecule has 0 saturated heterocycles. The van der Waals surface area contributed by atoms with Crippen LogP contribution in [0, 0.1) is 5.92 Å². The van der Waals surface area contributed by atoms with Gasteiger partial charge in [0.1, 0.15) is 6.10 Å². The minimum Gasteiger partial charge on any atom is -0.465 e. The Kier molecular flexibility index (Phi) is 43.7. The van der Waals surface area contributed by atoms with Crippen LogP contribution in [0.15, 0.2) is 0 Å². The summed E-state index contributed by atoms with van der Waals surface area (Å²) < 4.78 is 11.8. The van der Waals surface area contributed by atoms with Gasteiger partial charge in [0.25, 0.3) is 0 Å². The maximum atomic E-state index is 12.8. The zero-order valence-corrected chi connectivity index (χ0v) is 38.2. The Hall–Kier alpha value is -0.790.